The van der Waals surface area contributed by atoms with E-state index in [0.717, 1.165) is 0 Å². The Morgan fingerprint density at radius 2 is 1.59 bits per heavy atom. The number of carbonyl (C=O) groups excluding carboxylic acids is 1. The molecular weight excluding hydrogens is 311 g/mol. The second-order valence-electron chi connectivity index (χ2n) is 6.36. The predicted octanol–water partition coefficient (Wildman–Crippen LogP) is 2.57. The van der Waals surface area contributed by atoms with E-state index in [-0.39, 0.29) is 6.61 Å². The highest BCUT2D eigenvalue weighted by Crippen LogP contribution is 2.36. The van der Waals surface area contributed by atoms with Gasteiger partial charge in [0, 0.05) is 12.0 Å². The van der Waals surface area contributed by atoms with Crippen molar-refractivity contribution in [2.75, 3.05) is 13.2 Å². The van der Waals surface area contributed by atoms with Crippen molar-refractivity contribution in [2.24, 2.45) is 0 Å². The minimum atomic E-state index is -4.45. The summed E-state index contributed by atoms with van der Waals surface area (Å²) in [6.07, 6.45) is 0.804. The lowest BCUT2D eigenvalue weighted by Crippen LogP contribution is -2.33. The van der Waals surface area contributed by atoms with Gasteiger partial charge in [-0.15, -0.1) is 0 Å². The summed E-state index contributed by atoms with van der Waals surface area (Å²) >= 11 is 0. The van der Waals surface area contributed by atoms with E-state index in [2.05, 4.69) is 11.1 Å². The SMILES string of the molecule is C=C(C)C(=O)OC(C)(C)CCOC(C)(C)CCOP(=O)(O)O. The lowest BCUT2D eigenvalue weighted by atomic mass is 10.0. The van der Waals surface area contributed by atoms with E-state index in [1.807, 2.05) is 0 Å². The first-order valence-electron chi connectivity index (χ1n) is 6.97. The van der Waals surface area contributed by atoms with Gasteiger partial charge in [0.1, 0.15) is 5.60 Å². The summed E-state index contributed by atoms with van der Waals surface area (Å²) in [6.45, 7) is 12.5. The molecule has 0 aliphatic carbocycles. The van der Waals surface area contributed by atoms with Crippen LogP contribution >= 0.6 is 7.82 Å². The predicted molar refractivity (Wildman–Crippen MR) is 82.2 cm³/mol. The fraction of sp³-hybridized carbons (Fsp3) is 0.786. The highest BCUT2D eigenvalue weighted by Gasteiger charge is 2.26. The van der Waals surface area contributed by atoms with Crippen LogP contribution in [0.3, 0.4) is 0 Å². The maximum atomic E-state index is 11.5. The number of rotatable bonds is 10. The fourth-order valence-corrected chi connectivity index (χ4v) is 1.77. The molecule has 0 aliphatic rings. The van der Waals surface area contributed by atoms with Crippen LogP contribution in [0.2, 0.25) is 0 Å². The normalized spacial score (nSPS) is 13.0. The van der Waals surface area contributed by atoms with Gasteiger partial charge in [-0.25, -0.2) is 9.36 Å². The van der Waals surface area contributed by atoms with Gasteiger partial charge in [-0.3, -0.25) is 4.52 Å². The van der Waals surface area contributed by atoms with Crippen LogP contribution in [0, 0.1) is 0 Å². The molecule has 130 valence electrons. The molecule has 0 radical (unpaired) electrons. The smallest absolute Gasteiger partial charge is 0.456 e. The summed E-state index contributed by atoms with van der Waals surface area (Å²) in [6, 6.07) is 0. The van der Waals surface area contributed by atoms with Crippen molar-refractivity contribution in [3.05, 3.63) is 12.2 Å². The second-order valence-corrected chi connectivity index (χ2v) is 7.60. The van der Waals surface area contributed by atoms with E-state index in [9.17, 15) is 9.36 Å². The van der Waals surface area contributed by atoms with Crippen LogP contribution < -0.4 is 0 Å². The Labute approximate surface area is 131 Å². The first kappa shape index (κ1) is 21.3. The molecule has 0 rings (SSSR count). The zero-order valence-electron chi connectivity index (χ0n) is 13.9. The highest BCUT2D eigenvalue weighted by atomic mass is 31.2. The van der Waals surface area contributed by atoms with Gasteiger partial charge in [-0.2, -0.15) is 0 Å². The standard InChI is InChI=1S/C14H27O7P/c1-11(2)12(15)21-14(5,6)7-9-19-13(3,4)8-10-20-22(16,17)18/h1,7-10H2,2-6H3,(H2,16,17,18). The molecule has 0 fully saturated rings. The molecule has 0 atom stereocenters. The summed E-state index contributed by atoms with van der Waals surface area (Å²) < 4.78 is 26.0. The van der Waals surface area contributed by atoms with Gasteiger partial charge < -0.3 is 19.3 Å². The molecule has 0 aromatic rings. The summed E-state index contributed by atoms with van der Waals surface area (Å²) in [5.41, 5.74) is -0.957. The molecule has 0 unspecified atom stereocenters. The van der Waals surface area contributed by atoms with Crippen molar-refractivity contribution < 1.29 is 33.1 Å². The first-order valence-corrected chi connectivity index (χ1v) is 8.50. The molecule has 0 bridgehead atoms. The topological polar surface area (TPSA) is 102 Å². The van der Waals surface area contributed by atoms with E-state index >= 15 is 0 Å². The molecule has 8 heteroatoms. The van der Waals surface area contributed by atoms with E-state index in [1.165, 1.54) is 0 Å². The largest absolute Gasteiger partial charge is 0.469 e. The van der Waals surface area contributed by atoms with Crippen molar-refractivity contribution >= 4 is 13.8 Å². The van der Waals surface area contributed by atoms with Crippen LogP contribution in [-0.2, 0) is 23.4 Å². The summed E-state index contributed by atoms with van der Waals surface area (Å²) in [7, 11) is -4.45. The van der Waals surface area contributed by atoms with Crippen molar-refractivity contribution in [2.45, 2.75) is 58.7 Å². The van der Waals surface area contributed by atoms with Crippen molar-refractivity contribution in [1.82, 2.24) is 0 Å². The quantitative estimate of drug-likeness (QED) is 0.358. The minimum absolute atomic E-state index is 0.106. The molecule has 0 heterocycles. The number of carbonyl (C=O) groups is 1. The molecular formula is C14H27O7P. The summed E-state index contributed by atoms with van der Waals surface area (Å²) in [5.74, 6) is -0.445. The zero-order valence-corrected chi connectivity index (χ0v) is 14.8. The van der Waals surface area contributed by atoms with Crippen LogP contribution in [0.5, 0.6) is 0 Å². The third-order valence-electron chi connectivity index (χ3n) is 2.88. The van der Waals surface area contributed by atoms with E-state index in [4.69, 9.17) is 19.3 Å². The van der Waals surface area contributed by atoms with E-state index in [1.54, 1.807) is 34.6 Å². The number of ether oxygens (including phenoxy) is 2. The zero-order chi connectivity index (χ0) is 17.6. The number of hydrogen-bond acceptors (Lipinski definition) is 5. The minimum Gasteiger partial charge on any atom is -0.456 e. The molecule has 0 saturated carbocycles. The van der Waals surface area contributed by atoms with E-state index < -0.39 is 25.0 Å². The Kier molecular flexibility index (Phi) is 7.95. The summed E-state index contributed by atoms with van der Waals surface area (Å²) in [5, 5.41) is 0. The Morgan fingerprint density at radius 1 is 1.09 bits per heavy atom. The van der Waals surface area contributed by atoms with Gasteiger partial charge in [0.25, 0.3) is 0 Å². The van der Waals surface area contributed by atoms with Crippen LogP contribution in [0.25, 0.3) is 0 Å². The van der Waals surface area contributed by atoms with Crippen LogP contribution in [0.15, 0.2) is 12.2 Å². The van der Waals surface area contributed by atoms with Gasteiger partial charge in [0.15, 0.2) is 0 Å². The number of esters is 1. The summed E-state index contributed by atoms with van der Waals surface area (Å²) in [4.78, 5) is 28.7. The van der Waals surface area contributed by atoms with Gasteiger partial charge in [0.05, 0.1) is 18.8 Å². The molecule has 22 heavy (non-hydrogen) atoms. The number of phosphoric acid groups is 1. The Bertz CT molecular complexity index is 436. The van der Waals surface area contributed by atoms with Crippen molar-refractivity contribution in [1.29, 1.82) is 0 Å². The van der Waals surface area contributed by atoms with Crippen LogP contribution in [0.1, 0.15) is 47.5 Å². The maximum Gasteiger partial charge on any atom is 0.469 e. The Morgan fingerprint density at radius 3 is 2.05 bits per heavy atom. The maximum absolute atomic E-state index is 11.5. The lowest BCUT2D eigenvalue weighted by Gasteiger charge is -2.29. The molecule has 0 aromatic heterocycles. The van der Waals surface area contributed by atoms with Crippen LogP contribution in [0.4, 0.5) is 0 Å². The second kappa shape index (κ2) is 8.22. The molecule has 0 spiro atoms. The van der Waals surface area contributed by atoms with Crippen LogP contribution in [-0.4, -0.2) is 40.2 Å². The fourth-order valence-electron chi connectivity index (χ4n) is 1.44. The first-order chi connectivity index (χ1) is 9.74. The van der Waals surface area contributed by atoms with Crippen molar-refractivity contribution in [3.8, 4) is 0 Å². The average molecular weight is 338 g/mol. The average Bonchev–Trinajstić information content (AvgIpc) is 2.24. The van der Waals surface area contributed by atoms with Gasteiger partial charge in [0.2, 0.25) is 0 Å². The lowest BCUT2D eigenvalue weighted by molar-refractivity contribution is -0.154. The van der Waals surface area contributed by atoms with E-state index in [0.29, 0.717) is 25.0 Å². The molecule has 7 nitrogen and oxygen atoms in total. The molecule has 0 amide bonds. The van der Waals surface area contributed by atoms with Crippen molar-refractivity contribution in [3.63, 3.8) is 0 Å². The molecule has 0 aromatic carbocycles. The van der Waals surface area contributed by atoms with Gasteiger partial charge in [-0.05, 0) is 41.0 Å². The number of phosphoric ester groups is 1. The molecule has 0 saturated heterocycles. The molecule has 2 N–H and O–H groups in total. The molecule has 0 aliphatic heterocycles. The number of hydrogen-bond donors (Lipinski definition) is 2. The third kappa shape index (κ3) is 10.9. The third-order valence-corrected chi connectivity index (χ3v) is 3.40. The van der Waals surface area contributed by atoms with Gasteiger partial charge >= 0.3 is 13.8 Å². The van der Waals surface area contributed by atoms with Gasteiger partial charge in [-0.1, -0.05) is 6.58 Å². The Hall–Kier alpha value is -0.720. The highest BCUT2D eigenvalue weighted by molar-refractivity contribution is 7.46. The monoisotopic (exact) mass is 338 g/mol. The Balaban J connectivity index is 4.17.